The van der Waals surface area contributed by atoms with Gasteiger partial charge in [0.15, 0.2) is 11.6 Å². The largest absolute Gasteiger partial charge is 0.449 e. The first-order chi connectivity index (χ1) is 15.3. The summed E-state index contributed by atoms with van der Waals surface area (Å²) in [5, 5.41) is 10.5. The summed E-state index contributed by atoms with van der Waals surface area (Å²) >= 11 is 0. The fourth-order valence-corrected chi connectivity index (χ4v) is 3.24. The van der Waals surface area contributed by atoms with Crippen LogP contribution in [0.3, 0.4) is 0 Å². The molecule has 1 aromatic heterocycles. The lowest BCUT2D eigenvalue weighted by Crippen LogP contribution is -2.49. The van der Waals surface area contributed by atoms with Crippen LogP contribution < -0.4 is 10.2 Å². The highest BCUT2D eigenvalue weighted by Gasteiger charge is 2.36. The lowest BCUT2D eigenvalue weighted by molar-refractivity contribution is -0.138. The summed E-state index contributed by atoms with van der Waals surface area (Å²) in [5.41, 5.74) is -1.29. The molecule has 2 aromatic rings. The number of ether oxygens (including phenoxy) is 1. The zero-order valence-corrected chi connectivity index (χ0v) is 17.6. The first kappa shape index (κ1) is 23.3. The van der Waals surface area contributed by atoms with Gasteiger partial charge in [-0.3, -0.25) is 10.1 Å². The Balaban J connectivity index is 1.56. The summed E-state index contributed by atoms with van der Waals surface area (Å²) in [6, 6.07) is 8.05. The Bertz CT molecular complexity index is 929. The van der Waals surface area contributed by atoms with Crippen molar-refractivity contribution < 1.29 is 27.5 Å². The molecule has 2 heterocycles. The van der Waals surface area contributed by atoms with E-state index in [0.29, 0.717) is 25.5 Å². The van der Waals surface area contributed by atoms with Gasteiger partial charge in [0, 0.05) is 26.2 Å². The molecule has 11 heteroatoms. The highest BCUT2D eigenvalue weighted by Crippen LogP contribution is 2.32. The molecule has 0 bridgehead atoms. The number of carbonyl (C=O) groups is 2. The standard InChI is InChI=1S/C21H24F3N5O3/c1-2-3-14-32-20(31)25-17-8-9-18(27-26-17)28-10-12-29(13-11-28)19(30)15-6-4-5-7-16(15)21(22,23)24/h4-9H,2-3,10-14H2,1H3,(H,25,26,31). The van der Waals surface area contributed by atoms with Crippen molar-refractivity contribution in [2.75, 3.05) is 43.0 Å². The van der Waals surface area contributed by atoms with Crippen LogP contribution in [0.25, 0.3) is 0 Å². The maximum atomic E-state index is 13.2. The number of piperazine rings is 1. The molecule has 0 atom stereocenters. The molecular formula is C21H24F3N5O3. The second-order valence-electron chi connectivity index (χ2n) is 7.21. The molecule has 0 radical (unpaired) electrons. The van der Waals surface area contributed by atoms with Gasteiger partial charge in [0.05, 0.1) is 17.7 Å². The van der Waals surface area contributed by atoms with Crippen LogP contribution in [0, 0.1) is 0 Å². The van der Waals surface area contributed by atoms with Crippen molar-refractivity contribution in [2.24, 2.45) is 0 Å². The molecule has 0 unspecified atom stereocenters. The second-order valence-corrected chi connectivity index (χ2v) is 7.21. The Morgan fingerprint density at radius 3 is 2.41 bits per heavy atom. The number of nitrogens with one attached hydrogen (secondary N) is 1. The van der Waals surface area contributed by atoms with Crippen molar-refractivity contribution in [3.63, 3.8) is 0 Å². The average Bonchev–Trinajstić information content (AvgIpc) is 2.79. The third-order valence-electron chi connectivity index (χ3n) is 4.97. The van der Waals surface area contributed by atoms with Crippen molar-refractivity contribution in [1.82, 2.24) is 15.1 Å². The van der Waals surface area contributed by atoms with E-state index in [9.17, 15) is 22.8 Å². The number of hydrogen-bond acceptors (Lipinski definition) is 6. The topological polar surface area (TPSA) is 87.7 Å². The number of halogens is 3. The number of benzene rings is 1. The minimum atomic E-state index is -4.60. The number of anilines is 2. The predicted octanol–water partition coefficient (Wildman–Crippen LogP) is 3.81. The predicted molar refractivity (Wildman–Crippen MR) is 111 cm³/mol. The van der Waals surface area contributed by atoms with Crippen LogP contribution in [0.2, 0.25) is 0 Å². The molecule has 0 aliphatic carbocycles. The number of alkyl halides is 3. The van der Waals surface area contributed by atoms with Crippen molar-refractivity contribution in [1.29, 1.82) is 0 Å². The van der Waals surface area contributed by atoms with Crippen molar-refractivity contribution in [2.45, 2.75) is 25.9 Å². The lowest BCUT2D eigenvalue weighted by atomic mass is 10.1. The first-order valence-electron chi connectivity index (χ1n) is 10.3. The van der Waals surface area contributed by atoms with Gasteiger partial charge in [-0.2, -0.15) is 13.2 Å². The highest BCUT2D eigenvalue weighted by atomic mass is 19.4. The fourth-order valence-electron chi connectivity index (χ4n) is 3.24. The molecule has 1 aromatic carbocycles. The molecule has 1 aliphatic rings. The summed E-state index contributed by atoms with van der Waals surface area (Å²) < 4.78 is 44.7. The number of nitrogens with zero attached hydrogens (tertiary/aromatic N) is 4. The highest BCUT2D eigenvalue weighted by molar-refractivity contribution is 5.96. The Labute approximate surface area is 183 Å². The van der Waals surface area contributed by atoms with E-state index in [-0.39, 0.29) is 24.5 Å². The molecule has 1 aliphatic heterocycles. The van der Waals surface area contributed by atoms with Gasteiger partial charge in [-0.25, -0.2) is 4.79 Å². The number of hydrogen-bond donors (Lipinski definition) is 1. The third-order valence-corrected chi connectivity index (χ3v) is 4.97. The molecule has 1 saturated heterocycles. The maximum absolute atomic E-state index is 13.2. The summed E-state index contributed by atoms with van der Waals surface area (Å²) in [7, 11) is 0. The van der Waals surface area contributed by atoms with Gasteiger partial charge in [-0.05, 0) is 30.7 Å². The Morgan fingerprint density at radius 2 is 1.78 bits per heavy atom. The number of unbranched alkanes of at least 4 members (excludes halogenated alkanes) is 1. The molecular weight excluding hydrogens is 427 g/mol. The molecule has 1 N–H and O–H groups in total. The van der Waals surface area contributed by atoms with Crippen molar-refractivity contribution in [3.8, 4) is 0 Å². The van der Waals surface area contributed by atoms with Gasteiger partial charge >= 0.3 is 12.3 Å². The van der Waals surface area contributed by atoms with E-state index in [1.807, 2.05) is 11.8 Å². The number of amides is 2. The zero-order valence-electron chi connectivity index (χ0n) is 17.6. The molecule has 2 amide bonds. The molecule has 0 spiro atoms. The molecule has 3 rings (SSSR count). The van der Waals surface area contributed by atoms with Gasteiger partial charge in [0.25, 0.3) is 5.91 Å². The van der Waals surface area contributed by atoms with Crippen molar-refractivity contribution in [3.05, 3.63) is 47.5 Å². The lowest BCUT2D eigenvalue weighted by Gasteiger charge is -2.35. The Morgan fingerprint density at radius 1 is 1.06 bits per heavy atom. The third kappa shape index (κ3) is 5.86. The van der Waals surface area contributed by atoms with E-state index in [0.717, 1.165) is 18.9 Å². The maximum Gasteiger partial charge on any atom is 0.417 e. The first-order valence-corrected chi connectivity index (χ1v) is 10.3. The smallest absolute Gasteiger partial charge is 0.417 e. The Kier molecular flexibility index (Phi) is 7.49. The normalized spacial score (nSPS) is 14.2. The van der Waals surface area contributed by atoms with Crippen LogP contribution in [0.5, 0.6) is 0 Å². The van der Waals surface area contributed by atoms with E-state index < -0.39 is 23.7 Å². The van der Waals surface area contributed by atoms with Gasteiger partial charge in [-0.15, -0.1) is 10.2 Å². The van der Waals surface area contributed by atoms with Gasteiger partial charge in [0.1, 0.15) is 0 Å². The van der Waals surface area contributed by atoms with Crippen LogP contribution in [0.4, 0.5) is 29.6 Å². The van der Waals surface area contributed by atoms with Crippen LogP contribution in [-0.4, -0.2) is 59.9 Å². The number of rotatable bonds is 6. The zero-order chi connectivity index (χ0) is 23.1. The second kappa shape index (κ2) is 10.3. The monoisotopic (exact) mass is 451 g/mol. The molecule has 172 valence electrons. The number of aromatic nitrogens is 2. The van der Waals surface area contributed by atoms with E-state index in [2.05, 4.69) is 15.5 Å². The number of carbonyl (C=O) groups excluding carboxylic acids is 2. The van der Waals surface area contributed by atoms with Crippen LogP contribution in [0.1, 0.15) is 35.7 Å². The van der Waals surface area contributed by atoms with Gasteiger partial charge in [0.2, 0.25) is 0 Å². The van der Waals surface area contributed by atoms with E-state index in [4.69, 9.17) is 4.74 Å². The molecule has 8 nitrogen and oxygen atoms in total. The average molecular weight is 451 g/mol. The van der Waals surface area contributed by atoms with Gasteiger partial charge < -0.3 is 14.5 Å². The quantitative estimate of drug-likeness (QED) is 0.672. The van der Waals surface area contributed by atoms with Crippen LogP contribution in [-0.2, 0) is 10.9 Å². The SMILES string of the molecule is CCCCOC(=O)Nc1ccc(N2CCN(C(=O)c3ccccc3C(F)(F)F)CC2)nn1. The molecule has 1 fully saturated rings. The van der Waals surface area contributed by atoms with E-state index in [1.165, 1.54) is 23.1 Å². The summed E-state index contributed by atoms with van der Waals surface area (Å²) in [5.74, 6) is 0.135. The fraction of sp³-hybridized carbons (Fsp3) is 0.429. The van der Waals surface area contributed by atoms with Crippen molar-refractivity contribution >= 4 is 23.6 Å². The van der Waals surface area contributed by atoms with Crippen LogP contribution >= 0.6 is 0 Å². The molecule has 0 saturated carbocycles. The van der Waals surface area contributed by atoms with E-state index >= 15 is 0 Å². The minimum Gasteiger partial charge on any atom is -0.449 e. The van der Waals surface area contributed by atoms with E-state index in [1.54, 1.807) is 12.1 Å². The summed E-state index contributed by atoms with van der Waals surface area (Å²) in [4.78, 5) is 27.6. The van der Waals surface area contributed by atoms with Gasteiger partial charge in [-0.1, -0.05) is 25.5 Å². The molecule has 32 heavy (non-hydrogen) atoms. The Hall–Kier alpha value is -3.37. The van der Waals surface area contributed by atoms with Crippen LogP contribution in [0.15, 0.2) is 36.4 Å². The summed E-state index contributed by atoms with van der Waals surface area (Å²) in [6.07, 6.45) is -3.52. The minimum absolute atomic E-state index is 0.243. The summed E-state index contributed by atoms with van der Waals surface area (Å²) in [6.45, 7) is 3.58.